The Bertz CT molecular complexity index is 5360. The summed E-state index contributed by atoms with van der Waals surface area (Å²) in [5.74, 6) is 0. The van der Waals surface area contributed by atoms with Gasteiger partial charge in [0.05, 0.1) is 32.6 Å². The molecule has 0 unspecified atom stereocenters. The van der Waals surface area contributed by atoms with Gasteiger partial charge < -0.3 is 14.1 Å². The third-order valence-electron chi connectivity index (χ3n) is 16.3. The molecule has 0 aliphatic rings. The zero-order valence-electron chi connectivity index (χ0n) is 42.0. The quantitative estimate of drug-likeness (QED) is 0.108. The van der Waals surface area contributed by atoms with Crippen molar-refractivity contribution in [2.24, 2.45) is 0 Å². The second-order valence-electron chi connectivity index (χ2n) is 20.4. The van der Waals surface area contributed by atoms with Crippen molar-refractivity contribution in [2.45, 2.75) is 0 Å². The Hall–Kier alpha value is -10.6. The lowest BCUT2D eigenvalue weighted by atomic mass is 9.93. The van der Waals surface area contributed by atoms with Crippen LogP contribution >= 0.6 is 0 Å². The Kier molecular flexibility index (Phi) is 9.54. The highest BCUT2D eigenvalue weighted by Crippen LogP contribution is 2.45. The number of nitrogens with one attached hydrogen (secondary N) is 1. The number of nitro groups is 1. The van der Waals surface area contributed by atoms with Gasteiger partial charge in [-0.25, -0.2) is 0 Å². The number of nitrogens with zero attached hydrogens (tertiary/aromatic N) is 3. The van der Waals surface area contributed by atoms with Crippen LogP contribution in [0.3, 0.4) is 0 Å². The van der Waals surface area contributed by atoms with E-state index in [1.165, 1.54) is 114 Å². The predicted octanol–water partition coefficient (Wildman–Crippen LogP) is 19.7. The number of para-hydroxylation sites is 4. The topological polar surface area (TPSA) is 68.8 Å². The Labute approximate surface area is 446 Å². The Balaban J connectivity index is 0.000000131. The van der Waals surface area contributed by atoms with Gasteiger partial charge in [-0.3, -0.25) is 10.1 Å². The van der Waals surface area contributed by atoms with Gasteiger partial charge in [0, 0.05) is 60.8 Å². The summed E-state index contributed by atoms with van der Waals surface area (Å²) in [5, 5.41) is 34.2. The van der Waals surface area contributed by atoms with Crippen molar-refractivity contribution in [2.75, 3.05) is 0 Å². The molecule has 0 saturated heterocycles. The second kappa shape index (κ2) is 17.0. The van der Waals surface area contributed by atoms with E-state index in [1.807, 2.05) is 24.3 Å². The van der Waals surface area contributed by atoms with E-state index in [-0.39, 0.29) is 10.6 Å². The van der Waals surface area contributed by atoms with Crippen LogP contribution in [0.4, 0.5) is 5.69 Å². The van der Waals surface area contributed by atoms with Crippen LogP contribution in [-0.2, 0) is 0 Å². The van der Waals surface area contributed by atoms with Crippen molar-refractivity contribution < 1.29 is 4.92 Å². The molecule has 14 aromatic carbocycles. The number of fused-ring (bicyclic) bond motifs is 21. The molecule has 1 N–H and O–H groups in total. The molecule has 78 heavy (non-hydrogen) atoms. The summed E-state index contributed by atoms with van der Waals surface area (Å²) in [6.45, 7) is 0. The molecule has 0 fully saturated rings. The van der Waals surface area contributed by atoms with E-state index in [2.05, 4.69) is 239 Å². The van der Waals surface area contributed by atoms with Crippen molar-refractivity contribution in [3.8, 4) is 22.5 Å². The predicted molar refractivity (Wildman–Crippen MR) is 328 cm³/mol. The van der Waals surface area contributed by atoms with E-state index in [0.29, 0.717) is 5.56 Å². The molecule has 0 spiro atoms. The molecule has 0 aliphatic carbocycles. The van der Waals surface area contributed by atoms with Gasteiger partial charge in [-0.1, -0.05) is 170 Å². The monoisotopic (exact) mass is 996 g/mol. The minimum absolute atomic E-state index is 0.108. The number of benzene rings is 14. The zero-order valence-corrected chi connectivity index (χ0v) is 42.0. The van der Waals surface area contributed by atoms with Gasteiger partial charge in [-0.05, 0) is 155 Å². The molecule has 0 amide bonds. The number of H-pyrrole nitrogens is 1. The molecular formula is C72H44N4O2. The number of hydrogen-bond acceptors (Lipinski definition) is 2. The highest BCUT2D eigenvalue weighted by molar-refractivity contribution is 6.31. The van der Waals surface area contributed by atoms with Crippen LogP contribution in [0.2, 0.25) is 0 Å². The first kappa shape index (κ1) is 43.8. The maximum atomic E-state index is 11.8. The minimum atomic E-state index is -0.308. The summed E-state index contributed by atoms with van der Waals surface area (Å²) in [7, 11) is 0. The maximum absolute atomic E-state index is 11.8. The fourth-order valence-electron chi connectivity index (χ4n) is 12.9. The van der Waals surface area contributed by atoms with Gasteiger partial charge in [0.25, 0.3) is 5.69 Å². The molecule has 3 heterocycles. The number of rotatable bonds is 4. The van der Waals surface area contributed by atoms with Crippen molar-refractivity contribution in [1.82, 2.24) is 14.1 Å². The largest absolute Gasteiger partial charge is 0.354 e. The van der Waals surface area contributed by atoms with Crippen molar-refractivity contribution in [1.29, 1.82) is 0 Å². The Morgan fingerprint density at radius 2 is 0.654 bits per heavy atom. The molecular weight excluding hydrogens is 953 g/mol. The third-order valence-corrected chi connectivity index (χ3v) is 16.3. The Morgan fingerprint density at radius 3 is 1.15 bits per heavy atom. The first-order valence-electron chi connectivity index (χ1n) is 26.4. The van der Waals surface area contributed by atoms with Crippen LogP contribution < -0.4 is 0 Å². The zero-order chi connectivity index (χ0) is 51.6. The highest BCUT2D eigenvalue weighted by Gasteiger charge is 2.21. The van der Waals surface area contributed by atoms with E-state index in [4.69, 9.17) is 0 Å². The van der Waals surface area contributed by atoms with E-state index in [1.54, 1.807) is 12.1 Å². The van der Waals surface area contributed by atoms with Crippen LogP contribution in [-0.4, -0.2) is 19.0 Å². The van der Waals surface area contributed by atoms with Gasteiger partial charge in [-0.15, -0.1) is 0 Å². The lowest BCUT2D eigenvalue weighted by Gasteiger charge is -2.12. The van der Waals surface area contributed by atoms with Gasteiger partial charge in [-0.2, -0.15) is 0 Å². The third kappa shape index (κ3) is 6.50. The van der Waals surface area contributed by atoms with Gasteiger partial charge in [0.2, 0.25) is 0 Å². The molecule has 17 aromatic rings. The number of nitro benzene ring substituents is 1. The maximum Gasteiger partial charge on any atom is 0.277 e. The van der Waals surface area contributed by atoms with E-state index < -0.39 is 0 Å². The number of aromatic nitrogens is 3. The molecule has 364 valence electrons. The lowest BCUT2D eigenvalue weighted by molar-refractivity contribution is -0.384. The SMILES string of the molecule is O=[N+]([O-])c1ccccc1-c1ccc2c(c1)c1cc3c4ccccc4c4ccccc4c3cc1n2-c1ccccc1.c1ccc(-n2c3cc4[nH]c5ccccc5c4cc3c3cc4c5ccccc5c5ccccc5c4cc32)cc1. The molecule has 0 radical (unpaired) electrons. The molecule has 0 atom stereocenters. The molecule has 0 saturated carbocycles. The van der Waals surface area contributed by atoms with Gasteiger partial charge >= 0.3 is 0 Å². The van der Waals surface area contributed by atoms with Crippen LogP contribution in [0, 0.1) is 10.1 Å². The van der Waals surface area contributed by atoms with Crippen LogP contribution in [0.25, 0.3) is 153 Å². The molecule has 6 heteroatoms. The fraction of sp³-hybridized carbons (Fsp3) is 0. The van der Waals surface area contributed by atoms with Gasteiger partial charge in [0.15, 0.2) is 0 Å². The summed E-state index contributed by atoms with van der Waals surface area (Å²) in [6.07, 6.45) is 0. The number of hydrogen-bond donors (Lipinski definition) is 1. The summed E-state index contributed by atoms with van der Waals surface area (Å²) < 4.78 is 4.73. The average molecular weight is 997 g/mol. The molecule has 6 nitrogen and oxygen atoms in total. The van der Waals surface area contributed by atoms with Crippen molar-refractivity contribution in [3.05, 3.63) is 271 Å². The summed E-state index contributed by atoms with van der Waals surface area (Å²) in [4.78, 5) is 15.2. The summed E-state index contributed by atoms with van der Waals surface area (Å²) >= 11 is 0. The van der Waals surface area contributed by atoms with Gasteiger partial charge in [0.1, 0.15) is 0 Å². The van der Waals surface area contributed by atoms with Crippen molar-refractivity contribution in [3.63, 3.8) is 0 Å². The highest BCUT2D eigenvalue weighted by atomic mass is 16.6. The van der Waals surface area contributed by atoms with Crippen LogP contribution in [0.15, 0.2) is 261 Å². The smallest absolute Gasteiger partial charge is 0.277 e. The molecule has 0 aliphatic heterocycles. The summed E-state index contributed by atoms with van der Waals surface area (Å²) in [6, 6.07) is 91.9. The first-order chi connectivity index (χ1) is 38.5. The summed E-state index contributed by atoms with van der Waals surface area (Å²) in [5.41, 5.74) is 10.8. The molecule has 17 rings (SSSR count). The van der Waals surface area contributed by atoms with Crippen LogP contribution in [0.1, 0.15) is 0 Å². The van der Waals surface area contributed by atoms with E-state index >= 15 is 0 Å². The first-order valence-corrected chi connectivity index (χ1v) is 26.4. The lowest BCUT2D eigenvalue weighted by Crippen LogP contribution is -1.94. The van der Waals surface area contributed by atoms with E-state index in [0.717, 1.165) is 33.1 Å². The normalized spacial score (nSPS) is 11.9. The standard InChI is InChI=1S/C36H22N2O2.C36H22N2/c39-38(40)35-17-9-8-12-25(35)23-18-19-34-32(20-23)33-21-30-28-15-6-4-13-26(28)27-14-5-7-16-29(27)31(30)22-36(33)37(34)24-10-2-1-3-11-24;1-2-10-22(11-3-1)38-35-20-29-26-15-7-5-13-24(26)23-12-4-6-14-25(23)28(29)18-31(35)32-19-30-27-16-8-9-17-33(27)37-34(30)21-36(32)38/h1-22H;1-21,37H. The average Bonchev–Trinajstić information content (AvgIpc) is 4.18. The second-order valence-corrected chi connectivity index (χ2v) is 20.4. The van der Waals surface area contributed by atoms with Crippen LogP contribution in [0.5, 0.6) is 0 Å². The Morgan fingerprint density at radius 1 is 0.282 bits per heavy atom. The fourth-order valence-corrected chi connectivity index (χ4v) is 12.9. The van der Waals surface area contributed by atoms with Crippen molar-refractivity contribution >= 4 is 136 Å². The minimum Gasteiger partial charge on any atom is -0.354 e. The number of aromatic amines is 1. The molecule has 3 aromatic heterocycles. The molecule has 0 bridgehead atoms. The van der Waals surface area contributed by atoms with E-state index in [9.17, 15) is 10.1 Å².